The smallest absolute Gasteiger partial charge is 0.193 e. The second-order valence-corrected chi connectivity index (χ2v) is 9.03. The average Bonchev–Trinajstić information content (AvgIpc) is 3.02. The van der Waals surface area contributed by atoms with Gasteiger partial charge in [-0.3, -0.25) is 4.99 Å². The van der Waals surface area contributed by atoms with E-state index >= 15 is 0 Å². The lowest BCUT2D eigenvalue weighted by Gasteiger charge is -2.08. The van der Waals surface area contributed by atoms with Crippen molar-refractivity contribution in [2.45, 2.75) is 24.2 Å². The fourth-order valence-corrected chi connectivity index (χ4v) is 4.27. The number of fused-ring (bicyclic) bond motifs is 1. The minimum atomic E-state index is -3.36. The molecule has 3 N–H and O–H groups in total. The van der Waals surface area contributed by atoms with Gasteiger partial charge in [-0.25, -0.2) is 8.42 Å². The van der Waals surface area contributed by atoms with E-state index in [1.165, 1.54) is 17.5 Å². The summed E-state index contributed by atoms with van der Waals surface area (Å²) in [6, 6.07) is 12.7. The number of anilines is 1. The first-order valence-electron chi connectivity index (χ1n) is 8.11. The fraction of sp³-hybridized carbons (Fsp3) is 0.278. The van der Waals surface area contributed by atoms with Gasteiger partial charge in [0.1, 0.15) is 0 Å². The highest BCUT2D eigenvalue weighted by Crippen LogP contribution is 2.24. The molecule has 0 fully saturated rings. The van der Waals surface area contributed by atoms with Crippen LogP contribution < -0.4 is 11.1 Å². The molecule has 0 aliphatic heterocycles. The Bertz CT molecular complexity index is 899. The lowest BCUT2D eigenvalue weighted by molar-refractivity contribution is 0.596. The largest absolute Gasteiger partial charge is 0.370 e. The first-order chi connectivity index (χ1) is 11.9. The number of aliphatic imine (C=N–C) groups is 1. The van der Waals surface area contributed by atoms with Crippen LogP contribution in [-0.4, -0.2) is 26.7 Å². The molecule has 0 bridgehead atoms. The van der Waals surface area contributed by atoms with Crippen molar-refractivity contribution in [1.82, 2.24) is 0 Å². The number of rotatable bonds is 5. The monoisotopic (exact) mass is 549 g/mol. The summed E-state index contributed by atoms with van der Waals surface area (Å²) in [6.45, 7) is 0.113. The molecule has 0 aromatic heterocycles. The summed E-state index contributed by atoms with van der Waals surface area (Å²) in [7, 11) is -3.36. The molecular formula is C18H21BrIN3O2S. The third-order valence-corrected chi connectivity index (χ3v) is 6.42. The lowest BCUT2D eigenvalue weighted by atomic mass is 10.1. The Morgan fingerprint density at radius 1 is 1.12 bits per heavy atom. The van der Waals surface area contributed by atoms with Crippen molar-refractivity contribution in [3.05, 3.63) is 58.1 Å². The molecule has 0 spiro atoms. The molecule has 5 nitrogen and oxygen atoms in total. The summed E-state index contributed by atoms with van der Waals surface area (Å²) in [5, 5.41) is 3.03. The van der Waals surface area contributed by atoms with Gasteiger partial charge in [-0.2, -0.15) is 0 Å². The van der Waals surface area contributed by atoms with Crippen molar-refractivity contribution < 1.29 is 8.42 Å². The third kappa shape index (κ3) is 5.43. The molecule has 0 saturated heterocycles. The Kier molecular flexibility index (Phi) is 7.48. The number of sulfone groups is 1. The molecule has 1 aliphatic rings. The molecule has 0 radical (unpaired) electrons. The van der Waals surface area contributed by atoms with E-state index in [1.54, 1.807) is 24.3 Å². The van der Waals surface area contributed by atoms with Crippen LogP contribution in [0.5, 0.6) is 0 Å². The predicted molar refractivity (Wildman–Crippen MR) is 120 cm³/mol. The van der Waals surface area contributed by atoms with Gasteiger partial charge < -0.3 is 11.1 Å². The van der Waals surface area contributed by atoms with Gasteiger partial charge in [-0.05, 0) is 66.8 Å². The van der Waals surface area contributed by atoms with Crippen LogP contribution in [0.2, 0.25) is 0 Å². The van der Waals surface area contributed by atoms with Gasteiger partial charge in [-0.1, -0.05) is 22.0 Å². The Balaban J connectivity index is 0.00000243. The Hall–Kier alpha value is -1.13. The van der Waals surface area contributed by atoms with E-state index in [9.17, 15) is 8.42 Å². The topological polar surface area (TPSA) is 84.5 Å². The molecule has 140 valence electrons. The molecule has 1 aliphatic carbocycles. The molecule has 2 aromatic carbocycles. The second kappa shape index (κ2) is 9.18. The van der Waals surface area contributed by atoms with Gasteiger partial charge in [0.15, 0.2) is 15.8 Å². The van der Waals surface area contributed by atoms with Crippen molar-refractivity contribution in [1.29, 1.82) is 0 Å². The van der Waals surface area contributed by atoms with Crippen LogP contribution in [0.3, 0.4) is 0 Å². The van der Waals surface area contributed by atoms with E-state index in [0.29, 0.717) is 0 Å². The highest BCUT2D eigenvalue weighted by molar-refractivity contribution is 14.0. The zero-order valence-corrected chi connectivity index (χ0v) is 18.8. The number of aryl methyl sites for hydroxylation is 2. The van der Waals surface area contributed by atoms with Gasteiger partial charge in [0.25, 0.3) is 0 Å². The van der Waals surface area contributed by atoms with Crippen LogP contribution in [0.15, 0.2) is 56.8 Å². The Labute approximate surface area is 179 Å². The number of nitrogens with one attached hydrogen (secondary N) is 1. The summed E-state index contributed by atoms with van der Waals surface area (Å²) in [5.74, 6) is 0.144. The average molecular weight is 550 g/mol. The summed E-state index contributed by atoms with van der Waals surface area (Å²) < 4.78 is 25.4. The summed E-state index contributed by atoms with van der Waals surface area (Å²) in [5.41, 5.74) is 9.50. The van der Waals surface area contributed by atoms with E-state index in [2.05, 4.69) is 38.4 Å². The van der Waals surface area contributed by atoms with Crippen LogP contribution in [0.1, 0.15) is 17.5 Å². The number of nitrogens with two attached hydrogens (primary N) is 1. The number of hydrogen-bond donors (Lipinski definition) is 2. The highest BCUT2D eigenvalue weighted by atomic mass is 127. The first kappa shape index (κ1) is 21.2. The zero-order valence-electron chi connectivity index (χ0n) is 14.1. The maximum Gasteiger partial charge on any atom is 0.193 e. The van der Waals surface area contributed by atoms with Crippen molar-refractivity contribution >= 4 is 61.4 Å². The number of guanidine groups is 1. The van der Waals surface area contributed by atoms with Gasteiger partial charge in [0.05, 0.1) is 17.2 Å². The van der Waals surface area contributed by atoms with Crippen molar-refractivity contribution in [3.63, 3.8) is 0 Å². The minimum Gasteiger partial charge on any atom is -0.370 e. The zero-order chi connectivity index (χ0) is 17.9. The Morgan fingerprint density at radius 2 is 1.81 bits per heavy atom. The molecule has 26 heavy (non-hydrogen) atoms. The summed E-state index contributed by atoms with van der Waals surface area (Å²) in [6.07, 6.45) is 3.41. The molecule has 0 heterocycles. The predicted octanol–water partition coefficient (Wildman–Crippen LogP) is 3.76. The van der Waals surface area contributed by atoms with Crippen LogP contribution >= 0.6 is 39.9 Å². The van der Waals surface area contributed by atoms with Crippen LogP contribution in [-0.2, 0) is 22.7 Å². The molecule has 3 rings (SSSR count). The molecule has 8 heteroatoms. The van der Waals surface area contributed by atoms with Gasteiger partial charge in [0, 0.05) is 10.2 Å². The van der Waals surface area contributed by atoms with Gasteiger partial charge >= 0.3 is 0 Å². The quantitative estimate of drug-likeness (QED) is 0.338. The number of halogens is 2. The first-order valence-corrected chi connectivity index (χ1v) is 10.6. The molecule has 0 unspecified atom stereocenters. The Morgan fingerprint density at radius 3 is 2.54 bits per heavy atom. The van der Waals surface area contributed by atoms with Crippen molar-refractivity contribution in [2.75, 3.05) is 17.6 Å². The summed E-state index contributed by atoms with van der Waals surface area (Å²) in [4.78, 5) is 4.42. The highest BCUT2D eigenvalue weighted by Gasteiger charge is 2.14. The second-order valence-electron chi connectivity index (χ2n) is 6.00. The SMILES string of the molecule is I.NC(=NCCS(=O)(=O)c1ccc(Br)cc1)Nc1ccc2c(c1)CCC2. The minimum absolute atomic E-state index is 0. The van der Waals surface area contributed by atoms with Crippen molar-refractivity contribution in [2.24, 2.45) is 10.7 Å². The van der Waals surface area contributed by atoms with Gasteiger partial charge in [-0.15, -0.1) is 24.0 Å². The van der Waals surface area contributed by atoms with E-state index in [1.807, 2.05) is 6.07 Å². The van der Waals surface area contributed by atoms with E-state index in [0.717, 1.165) is 23.0 Å². The number of benzene rings is 2. The number of nitrogens with zero attached hydrogens (tertiary/aromatic N) is 1. The van der Waals surface area contributed by atoms with Gasteiger partial charge in [0.2, 0.25) is 0 Å². The van der Waals surface area contributed by atoms with Crippen molar-refractivity contribution in [3.8, 4) is 0 Å². The molecule has 2 aromatic rings. The molecular weight excluding hydrogens is 529 g/mol. The normalized spacial score (nSPS) is 13.8. The van der Waals surface area contributed by atoms with E-state index in [-0.39, 0.29) is 47.1 Å². The van der Waals surface area contributed by atoms with Crippen LogP contribution in [0, 0.1) is 0 Å². The van der Waals surface area contributed by atoms with Crippen LogP contribution in [0.4, 0.5) is 5.69 Å². The summed E-state index contributed by atoms with van der Waals surface area (Å²) >= 11 is 3.29. The van der Waals surface area contributed by atoms with Crippen LogP contribution in [0.25, 0.3) is 0 Å². The third-order valence-electron chi connectivity index (χ3n) is 4.19. The molecule has 0 amide bonds. The molecule has 0 atom stereocenters. The standard InChI is InChI=1S/C18H20BrN3O2S.HI/c19-15-5-8-17(9-6-15)25(23,24)11-10-21-18(20)22-16-7-4-13-2-1-3-14(13)12-16;/h4-9,12H,1-3,10-11H2,(H3,20,21,22);1H. The number of hydrogen-bond acceptors (Lipinski definition) is 3. The maximum absolute atomic E-state index is 12.3. The molecule has 0 saturated carbocycles. The van der Waals surface area contributed by atoms with E-state index < -0.39 is 9.84 Å². The lowest BCUT2D eigenvalue weighted by Crippen LogP contribution is -2.24. The maximum atomic E-state index is 12.3. The fourth-order valence-electron chi connectivity index (χ4n) is 2.88. The van der Waals surface area contributed by atoms with E-state index in [4.69, 9.17) is 5.73 Å².